The van der Waals surface area contributed by atoms with Gasteiger partial charge in [0.25, 0.3) is 0 Å². The first kappa shape index (κ1) is 17.0. The molecule has 1 fully saturated rings. The molecule has 0 aromatic carbocycles. The molecule has 0 spiro atoms. The third-order valence-corrected chi connectivity index (χ3v) is 4.55. The van der Waals surface area contributed by atoms with Crippen molar-refractivity contribution in [3.63, 3.8) is 0 Å². The molecule has 6 heteroatoms. The van der Waals surface area contributed by atoms with Crippen LogP contribution in [-0.2, 0) is 13.1 Å². The van der Waals surface area contributed by atoms with Gasteiger partial charge in [0.1, 0.15) is 11.5 Å². The lowest BCUT2D eigenvalue weighted by Crippen LogP contribution is -2.52. The zero-order valence-corrected chi connectivity index (χ0v) is 14.1. The largest absolute Gasteiger partial charge is 0.506 e. The fourth-order valence-electron chi connectivity index (χ4n) is 3.27. The molecular formula is C18H25N3O3. The zero-order valence-electron chi connectivity index (χ0n) is 14.1. The summed E-state index contributed by atoms with van der Waals surface area (Å²) in [4.78, 5) is 9.10. The number of aliphatic hydroxyl groups excluding tert-OH is 1. The molecule has 0 radical (unpaired) electrons. The van der Waals surface area contributed by atoms with Crippen molar-refractivity contribution in [1.82, 2.24) is 14.8 Å². The Bertz CT molecular complexity index is 645. The molecule has 1 atom stereocenters. The van der Waals surface area contributed by atoms with E-state index in [1.54, 1.807) is 12.3 Å². The number of aryl methyl sites for hydroxylation is 1. The molecule has 0 aliphatic carbocycles. The second-order valence-corrected chi connectivity index (χ2v) is 6.37. The van der Waals surface area contributed by atoms with Gasteiger partial charge in [0.2, 0.25) is 0 Å². The van der Waals surface area contributed by atoms with Crippen molar-refractivity contribution >= 4 is 0 Å². The van der Waals surface area contributed by atoms with Crippen LogP contribution in [0.2, 0.25) is 0 Å². The fourth-order valence-corrected chi connectivity index (χ4v) is 3.27. The monoisotopic (exact) mass is 331 g/mol. The number of rotatable bonds is 6. The van der Waals surface area contributed by atoms with Gasteiger partial charge in [-0.05, 0) is 37.6 Å². The number of hydrogen-bond donors (Lipinski definition) is 2. The van der Waals surface area contributed by atoms with Gasteiger partial charge in [-0.25, -0.2) is 0 Å². The van der Waals surface area contributed by atoms with Gasteiger partial charge in [0, 0.05) is 44.5 Å². The Kier molecular flexibility index (Phi) is 5.50. The number of piperazine rings is 1. The van der Waals surface area contributed by atoms with Crippen LogP contribution >= 0.6 is 0 Å². The Hall–Kier alpha value is -1.89. The molecule has 3 heterocycles. The summed E-state index contributed by atoms with van der Waals surface area (Å²) in [6.45, 7) is 6.13. The van der Waals surface area contributed by atoms with E-state index in [-0.39, 0.29) is 18.4 Å². The summed E-state index contributed by atoms with van der Waals surface area (Å²) < 4.78 is 5.45. The molecule has 2 aromatic heterocycles. The minimum Gasteiger partial charge on any atom is -0.506 e. The van der Waals surface area contributed by atoms with E-state index >= 15 is 0 Å². The van der Waals surface area contributed by atoms with Crippen LogP contribution < -0.4 is 0 Å². The smallest absolute Gasteiger partial charge is 0.138 e. The summed E-state index contributed by atoms with van der Waals surface area (Å²) >= 11 is 0. The highest BCUT2D eigenvalue weighted by atomic mass is 16.3. The quantitative estimate of drug-likeness (QED) is 0.840. The summed E-state index contributed by atoms with van der Waals surface area (Å²) in [6, 6.07) is 7.67. The maximum atomic E-state index is 10.0. The number of aromatic hydroxyl groups is 1. The summed E-state index contributed by atoms with van der Waals surface area (Å²) in [5, 5.41) is 19.4. The first-order valence-electron chi connectivity index (χ1n) is 8.41. The third-order valence-electron chi connectivity index (χ3n) is 4.55. The van der Waals surface area contributed by atoms with Crippen molar-refractivity contribution in [1.29, 1.82) is 0 Å². The van der Waals surface area contributed by atoms with E-state index in [0.29, 0.717) is 6.54 Å². The highest BCUT2D eigenvalue weighted by Gasteiger charge is 2.27. The van der Waals surface area contributed by atoms with Crippen molar-refractivity contribution in [2.75, 3.05) is 26.2 Å². The lowest BCUT2D eigenvalue weighted by atomic mass is 10.1. The molecule has 0 bridgehead atoms. The Morgan fingerprint density at radius 2 is 2.12 bits per heavy atom. The highest BCUT2D eigenvalue weighted by molar-refractivity contribution is 5.27. The molecule has 24 heavy (non-hydrogen) atoms. The van der Waals surface area contributed by atoms with Crippen LogP contribution in [0.5, 0.6) is 5.75 Å². The fraction of sp³-hybridized carbons (Fsp3) is 0.500. The van der Waals surface area contributed by atoms with Crippen LogP contribution in [-0.4, -0.2) is 57.3 Å². The molecular weight excluding hydrogens is 306 g/mol. The van der Waals surface area contributed by atoms with Crippen LogP contribution in [0.3, 0.4) is 0 Å². The van der Waals surface area contributed by atoms with Gasteiger partial charge in [-0.15, -0.1) is 0 Å². The maximum absolute atomic E-state index is 10.0. The molecule has 0 saturated carbocycles. The van der Waals surface area contributed by atoms with Crippen LogP contribution in [0.15, 0.2) is 34.9 Å². The molecule has 1 saturated heterocycles. The van der Waals surface area contributed by atoms with Gasteiger partial charge in [0.05, 0.1) is 18.5 Å². The van der Waals surface area contributed by atoms with Crippen LogP contribution in [0.25, 0.3) is 0 Å². The van der Waals surface area contributed by atoms with Gasteiger partial charge in [-0.3, -0.25) is 14.8 Å². The van der Waals surface area contributed by atoms with Crippen molar-refractivity contribution in [2.24, 2.45) is 0 Å². The Labute approximate surface area is 142 Å². The van der Waals surface area contributed by atoms with Gasteiger partial charge in [-0.1, -0.05) is 0 Å². The van der Waals surface area contributed by atoms with Gasteiger partial charge in [-0.2, -0.15) is 0 Å². The number of pyridine rings is 1. The van der Waals surface area contributed by atoms with Gasteiger partial charge in [0.15, 0.2) is 0 Å². The van der Waals surface area contributed by atoms with E-state index in [1.165, 1.54) is 0 Å². The van der Waals surface area contributed by atoms with Crippen molar-refractivity contribution in [2.45, 2.75) is 32.5 Å². The number of nitrogens with zero attached hydrogens (tertiary/aromatic N) is 3. The standard InChI is InChI=1S/C18H25N3O3/c1-14-4-5-18(23)17(19-14)13-20-7-8-21(15(11-20)6-9-22)12-16-3-2-10-24-16/h2-5,10,15,22-23H,6-9,11-13H2,1H3. The van der Waals surface area contributed by atoms with Gasteiger partial charge >= 0.3 is 0 Å². The topological polar surface area (TPSA) is 73.0 Å². The molecule has 1 unspecified atom stereocenters. The first-order valence-corrected chi connectivity index (χ1v) is 8.41. The SMILES string of the molecule is Cc1ccc(O)c(CN2CCN(Cc3ccco3)C(CCO)C2)n1. The second-order valence-electron chi connectivity index (χ2n) is 6.37. The highest BCUT2D eigenvalue weighted by Crippen LogP contribution is 2.21. The number of aromatic nitrogens is 1. The molecule has 0 amide bonds. The summed E-state index contributed by atoms with van der Waals surface area (Å²) in [5.41, 5.74) is 1.63. The molecule has 130 valence electrons. The molecule has 1 aliphatic heterocycles. The molecule has 3 rings (SSSR count). The van der Waals surface area contributed by atoms with Crippen LogP contribution in [0.1, 0.15) is 23.6 Å². The van der Waals surface area contributed by atoms with Gasteiger partial charge < -0.3 is 14.6 Å². The molecule has 1 aliphatic rings. The summed E-state index contributed by atoms with van der Waals surface area (Å²) in [6.07, 6.45) is 2.42. The average molecular weight is 331 g/mol. The predicted octanol–water partition coefficient (Wildman–Crippen LogP) is 1.76. The second kappa shape index (κ2) is 7.79. The van der Waals surface area contributed by atoms with E-state index in [9.17, 15) is 10.2 Å². The maximum Gasteiger partial charge on any atom is 0.138 e. The number of hydrogen-bond acceptors (Lipinski definition) is 6. The lowest BCUT2D eigenvalue weighted by Gasteiger charge is -2.41. The van der Waals surface area contributed by atoms with Crippen LogP contribution in [0, 0.1) is 6.92 Å². The normalized spacial score (nSPS) is 19.7. The van der Waals surface area contributed by atoms with Crippen LogP contribution in [0.4, 0.5) is 0 Å². The van der Waals surface area contributed by atoms with Crippen molar-refractivity contribution in [3.8, 4) is 5.75 Å². The Morgan fingerprint density at radius 3 is 2.88 bits per heavy atom. The van der Waals surface area contributed by atoms with E-state index in [4.69, 9.17) is 4.42 Å². The third kappa shape index (κ3) is 4.14. The van der Waals surface area contributed by atoms with E-state index in [2.05, 4.69) is 14.8 Å². The molecule has 6 nitrogen and oxygen atoms in total. The van der Waals surface area contributed by atoms with Crippen molar-refractivity contribution in [3.05, 3.63) is 47.7 Å². The summed E-state index contributed by atoms with van der Waals surface area (Å²) in [7, 11) is 0. The number of aliphatic hydroxyl groups is 1. The minimum atomic E-state index is 0.168. The van der Waals surface area contributed by atoms with Crippen molar-refractivity contribution < 1.29 is 14.6 Å². The molecule has 2 N–H and O–H groups in total. The predicted molar refractivity (Wildman–Crippen MR) is 90.5 cm³/mol. The Morgan fingerprint density at radius 1 is 1.25 bits per heavy atom. The zero-order chi connectivity index (χ0) is 16.9. The van der Waals surface area contributed by atoms with E-state index in [1.807, 2.05) is 25.1 Å². The Balaban J connectivity index is 1.64. The lowest BCUT2D eigenvalue weighted by molar-refractivity contribution is 0.0447. The summed E-state index contributed by atoms with van der Waals surface area (Å²) in [5.74, 6) is 1.20. The van der Waals surface area contributed by atoms with E-state index in [0.717, 1.165) is 49.7 Å². The van der Waals surface area contributed by atoms with E-state index < -0.39 is 0 Å². The number of furan rings is 1. The molecule has 2 aromatic rings. The average Bonchev–Trinajstić information content (AvgIpc) is 3.07. The minimum absolute atomic E-state index is 0.168. The first-order chi connectivity index (χ1) is 11.7.